The topological polar surface area (TPSA) is 92.3 Å². The zero-order chi connectivity index (χ0) is 24.1. The number of hydrogen-bond donors (Lipinski definition) is 1. The predicted molar refractivity (Wildman–Crippen MR) is 119 cm³/mol. The second-order valence-electron chi connectivity index (χ2n) is 7.12. The monoisotopic (exact) mass is 477 g/mol. The predicted octanol–water partition coefficient (Wildman–Crippen LogP) is 4.29. The highest BCUT2D eigenvalue weighted by Crippen LogP contribution is 2.36. The second-order valence-corrected chi connectivity index (χ2v) is 8.08. The van der Waals surface area contributed by atoms with Crippen LogP contribution in [0.5, 0.6) is 11.5 Å². The molecule has 0 saturated heterocycles. The molecule has 12 heteroatoms. The van der Waals surface area contributed by atoms with Gasteiger partial charge in [0.15, 0.2) is 5.84 Å². The number of nitrogens with one attached hydrogen (secondary N) is 1. The molecular formula is C21H18F3N5O3S. The average molecular weight is 477 g/mol. The Morgan fingerprint density at radius 2 is 1.88 bits per heavy atom. The van der Waals surface area contributed by atoms with Crippen molar-refractivity contribution in [3.63, 3.8) is 0 Å². The summed E-state index contributed by atoms with van der Waals surface area (Å²) >= 11 is 0.215. The van der Waals surface area contributed by atoms with E-state index in [9.17, 15) is 18.0 Å². The van der Waals surface area contributed by atoms with Crippen molar-refractivity contribution in [2.24, 2.45) is 10.1 Å². The first-order valence-electron chi connectivity index (χ1n) is 9.54. The Balaban J connectivity index is 1.76. The lowest BCUT2D eigenvalue weighted by Crippen LogP contribution is -2.35. The summed E-state index contributed by atoms with van der Waals surface area (Å²) in [5.74, 6) is -0.0837. The number of aryl methyl sites for hydroxylation is 1. The van der Waals surface area contributed by atoms with E-state index in [0.29, 0.717) is 17.1 Å². The van der Waals surface area contributed by atoms with Crippen LogP contribution in [0.1, 0.15) is 17.0 Å². The lowest BCUT2D eigenvalue weighted by Gasteiger charge is -2.20. The molecule has 2 aromatic rings. The number of amidine groups is 2. The van der Waals surface area contributed by atoms with Crippen LogP contribution in [0, 0.1) is 19.3 Å². The third kappa shape index (κ3) is 3.90. The fraction of sp³-hybridized carbons (Fsp3) is 0.238. The van der Waals surface area contributed by atoms with Crippen LogP contribution in [0.25, 0.3) is 11.8 Å². The summed E-state index contributed by atoms with van der Waals surface area (Å²) in [6, 6.07) is 7.15. The molecule has 1 N–H and O–H groups in total. The van der Waals surface area contributed by atoms with Crippen LogP contribution in [0.15, 0.2) is 39.9 Å². The van der Waals surface area contributed by atoms with Gasteiger partial charge in [-0.25, -0.2) is 0 Å². The average Bonchev–Trinajstić information content (AvgIpc) is 3.31. The third-order valence-corrected chi connectivity index (χ3v) is 6.05. The number of aliphatic imine (C=N–C) groups is 1. The van der Waals surface area contributed by atoms with Crippen molar-refractivity contribution in [1.29, 1.82) is 5.41 Å². The zero-order valence-corrected chi connectivity index (χ0v) is 18.8. The molecular weight excluding hydrogens is 459 g/mol. The van der Waals surface area contributed by atoms with E-state index in [0.717, 1.165) is 22.1 Å². The molecule has 172 valence electrons. The Morgan fingerprint density at radius 1 is 1.15 bits per heavy atom. The van der Waals surface area contributed by atoms with Gasteiger partial charge in [-0.15, -0.1) is 0 Å². The first kappa shape index (κ1) is 22.6. The molecule has 2 aliphatic rings. The number of methoxy groups -OCH3 is 2. The largest absolute Gasteiger partial charge is 0.497 e. The van der Waals surface area contributed by atoms with E-state index in [1.54, 1.807) is 25.3 Å². The Morgan fingerprint density at radius 3 is 2.52 bits per heavy atom. The minimum absolute atomic E-state index is 0.159. The minimum Gasteiger partial charge on any atom is -0.497 e. The van der Waals surface area contributed by atoms with Gasteiger partial charge < -0.3 is 14.0 Å². The maximum Gasteiger partial charge on any atom is 0.441 e. The summed E-state index contributed by atoms with van der Waals surface area (Å²) < 4.78 is 51.7. The van der Waals surface area contributed by atoms with Crippen LogP contribution >= 0.6 is 11.8 Å². The molecule has 0 spiro atoms. The first-order chi connectivity index (χ1) is 15.5. The molecule has 2 aliphatic heterocycles. The summed E-state index contributed by atoms with van der Waals surface area (Å²) in [4.78, 5) is 16.2. The SMILES string of the molecule is COc1ccc(-n2c(C)cc(/C=C3\C(=N)N4N=C(C(F)(F)F)SC4=NC3=O)c2C)c(OC)c1. The number of fused-ring (bicyclic) bond motifs is 1. The van der Waals surface area contributed by atoms with E-state index >= 15 is 0 Å². The van der Waals surface area contributed by atoms with Gasteiger partial charge in [-0.1, -0.05) is 0 Å². The fourth-order valence-electron chi connectivity index (χ4n) is 3.54. The van der Waals surface area contributed by atoms with Crippen molar-refractivity contribution in [3.05, 3.63) is 46.8 Å². The van der Waals surface area contributed by atoms with Crippen LogP contribution < -0.4 is 9.47 Å². The van der Waals surface area contributed by atoms with Gasteiger partial charge in [0.05, 0.1) is 25.5 Å². The number of rotatable bonds is 4. The molecule has 0 saturated carbocycles. The van der Waals surface area contributed by atoms with Gasteiger partial charge in [-0.05, 0) is 55.4 Å². The highest BCUT2D eigenvalue weighted by atomic mass is 32.2. The molecule has 33 heavy (non-hydrogen) atoms. The van der Waals surface area contributed by atoms with Crippen molar-refractivity contribution >= 4 is 39.8 Å². The van der Waals surface area contributed by atoms with Gasteiger partial charge in [0, 0.05) is 17.5 Å². The summed E-state index contributed by atoms with van der Waals surface area (Å²) in [6.07, 6.45) is -3.26. The summed E-state index contributed by atoms with van der Waals surface area (Å²) in [5, 5.41) is 11.0. The second kappa shape index (κ2) is 8.10. The quantitative estimate of drug-likeness (QED) is 0.664. The lowest BCUT2D eigenvalue weighted by atomic mass is 10.1. The van der Waals surface area contributed by atoms with Crippen molar-refractivity contribution in [3.8, 4) is 17.2 Å². The Labute approximate surface area is 190 Å². The van der Waals surface area contributed by atoms with E-state index < -0.39 is 23.0 Å². The molecule has 1 aromatic carbocycles. The number of thioether (sulfide) groups is 1. The molecule has 0 radical (unpaired) electrons. The molecule has 0 fully saturated rings. The van der Waals surface area contributed by atoms with Crippen LogP contribution in [-0.4, -0.2) is 51.9 Å². The van der Waals surface area contributed by atoms with Crippen molar-refractivity contribution in [2.75, 3.05) is 14.2 Å². The molecule has 8 nitrogen and oxygen atoms in total. The number of carbonyl (C=O) groups is 1. The van der Waals surface area contributed by atoms with Crippen molar-refractivity contribution in [1.82, 2.24) is 9.58 Å². The van der Waals surface area contributed by atoms with Crippen molar-refractivity contribution in [2.45, 2.75) is 20.0 Å². The van der Waals surface area contributed by atoms with Gasteiger partial charge in [0.25, 0.3) is 5.91 Å². The first-order valence-corrected chi connectivity index (χ1v) is 10.4. The number of ether oxygens (including phenoxy) is 2. The Hall–Kier alpha value is -3.54. The summed E-state index contributed by atoms with van der Waals surface area (Å²) in [6.45, 7) is 3.68. The standard InChI is InChI=1S/C21H18F3N5O3S/c1-10-7-12(11(2)28(10)15-6-5-13(31-3)9-16(15)32-4)8-14-17(25)29-20(26-18(14)30)33-19(27-29)21(22,23)24/h5-9,25H,1-4H3/b14-8+,25-17?. The van der Waals surface area contributed by atoms with Gasteiger partial charge in [-0.2, -0.15) is 28.3 Å². The van der Waals surface area contributed by atoms with E-state index in [-0.39, 0.29) is 22.5 Å². The molecule has 4 rings (SSSR count). The number of halogens is 3. The zero-order valence-electron chi connectivity index (χ0n) is 17.9. The molecule has 0 unspecified atom stereocenters. The molecule has 0 bridgehead atoms. The molecule has 0 atom stereocenters. The van der Waals surface area contributed by atoms with Gasteiger partial charge in [0.1, 0.15) is 11.5 Å². The number of amides is 1. The van der Waals surface area contributed by atoms with Crippen LogP contribution in [0.3, 0.4) is 0 Å². The maximum absolute atomic E-state index is 13.0. The number of carbonyl (C=O) groups excluding carboxylic acids is 1. The number of hydrazone groups is 1. The number of benzene rings is 1. The molecule has 1 amide bonds. The fourth-order valence-corrected chi connectivity index (χ4v) is 4.29. The van der Waals surface area contributed by atoms with Gasteiger partial charge in [0.2, 0.25) is 10.2 Å². The number of alkyl halides is 3. The lowest BCUT2D eigenvalue weighted by molar-refractivity contribution is -0.114. The highest BCUT2D eigenvalue weighted by Gasteiger charge is 2.46. The Kier molecular flexibility index (Phi) is 5.56. The van der Waals surface area contributed by atoms with E-state index in [2.05, 4.69) is 10.1 Å². The van der Waals surface area contributed by atoms with Gasteiger partial charge in [-0.3, -0.25) is 10.2 Å². The molecule has 3 heterocycles. The van der Waals surface area contributed by atoms with Crippen molar-refractivity contribution < 1.29 is 27.4 Å². The van der Waals surface area contributed by atoms with E-state index in [1.807, 2.05) is 24.5 Å². The summed E-state index contributed by atoms with van der Waals surface area (Å²) in [7, 11) is 3.09. The van der Waals surface area contributed by atoms with Crippen LogP contribution in [0.4, 0.5) is 13.2 Å². The minimum atomic E-state index is -4.69. The number of hydrogen-bond acceptors (Lipinski definition) is 6. The van der Waals surface area contributed by atoms with E-state index in [4.69, 9.17) is 14.9 Å². The van der Waals surface area contributed by atoms with Crippen LogP contribution in [-0.2, 0) is 4.79 Å². The third-order valence-electron chi connectivity index (χ3n) is 5.09. The molecule has 0 aliphatic carbocycles. The van der Waals surface area contributed by atoms with Crippen LogP contribution in [0.2, 0.25) is 0 Å². The summed E-state index contributed by atoms with van der Waals surface area (Å²) in [5.41, 5.74) is 2.72. The normalized spacial score (nSPS) is 17.3. The molecule has 1 aromatic heterocycles. The van der Waals surface area contributed by atoms with Gasteiger partial charge >= 0.3 is 6.18 Å². The Bertz CT molecular complexity index is 1280. The number of nitrogens with zero attached hydrogens (tertiary/aromatic N) is 4. The smallest absolute Gasteiger partial charge is 0.441 e. The van der Waals surface area contributed by atoms with E-state index in [1.165, 1.54) is 13.2 Å². The number of aromatic nitrogens is 1. The maximum atomic E-state index is 13.0. The highest BCUT2D eigenvalue weighted by molar-refractivity contribution is 8.27.